The predicted molar refractivity (Wildman–Crippen MR) is 206 cm³/mol. The Bertz CT molecular complexity index is 1820. The van der Waals surface area contributed by atoms with Gasteiger partial charge in [-0.3, -0.25) is 25.5 Å². The number of nitrogens with zero attached hydrogens (tertiary/aromatic N) is 2. The molecule has 51 heavy (non-hydrogen) atoms. The highest BCUT2D eigenvalue weighted by Crippen LogP contribution is 2.21. The van der Waals surface area contributed by atoms with Crippen LogP contribution in [0.1, 0.15) is 65.7 Å². The number of H-pyrrole nitrogens is 1. The van der Waals surface area contributed by atoms with Gasteiger partial charge in [-0.2, -0.15) is 5.10 Å². The number of amides is 2. The lowest BCUT2D eigenvalue weighted by Gasteiger charge is -2.16. The Labute approximate surface area is 298 Å². The second-order valence-corrected chi connectivity index (χ2v) is 11.7. The number of aromatic nitrogens is 3. The summed E-state index contributed by atoms with van der Waals surface area (Å²) in [5.41, 5.74) is 25.8. The number of pyridine rings is 1. The van der Waals surface area contributed by atoms with Crippen molar-refractivity contribution in [3.05, 3.63) is 119 Å². The van der Waals surface area contributed by atoms with Gasteiger partial charge in [-0.1, -0.05) is 38.5 Å². The van der Waals surface area contributed by atoms with Crippen LogP contribution in [0.25, 0.3) is 17.0 Å². The van der Waals surface area contributed by atoms with Gasteiger partial charge in [0.25, 0.3) is 5.91 Å². The molecule has 1 aliphatic heterocycles. The van der Waals surface area contributed by atoms with Crippen LogP contribution in [-0.2, 0) is 17.8 Å². The van der Waals surface area contributed by atoms with Gasteiger partial charge in [0.15, 0.2) is 5.82 Å². The highest BCUT2D eigenvalue weighted by atomic mass is 16.3. The molecule has 13 N–H and O–H groups in total. The first-order chi connectivity index (χ1) is 24.7. The minimum absolute atomic E-state index is 0.0266. The van der Waals surface area contributed by atoms with Crippen molar-refractivity contribution in [1.29, 1.82) is 0 Å². The number of piperidine rings is 1. The molecule has 1 fully saturated rings. The first-order valence-electron chi connectivity index (χ1n) is 16.9. The number of nitrogen functional groups attached to an aromatic ring is 2. The van der Waals surface area contributed by atoms with Crippen molar-refractivity contribution in [3.63, 3.8) is 0 Å². The molecule has 0 radical (unpaired) electrons. The Morgan fingerprint density at radius 1 is 0.961 bits per heavy atom. The molecule has 13 heteroatoms. The number of hydrazine groups is 1. The number of anilines is 3. The minimum atomic E-state index is -0.481. The van der Waals surface area contributed by atoms with Crippen LogP contribution >= 0.6 is 0 Å². The average Bonchev–Trinajstić information content (AvgIpc) is 3.52. The summed E-state index contributed by atoms with van der Waals surface area (Å²) in [6.07, 6.45) is 10.4. The summed E-state index contributed by atoms with van der Waals surface area (Å²) in [7, 11) is 0. The van der Waals surface area contributed by atoms with Gasteiger partial charge in [0.1, 0.15) is 0 Å². The minimum Gasteiger partial charge on any atom is -0.393 e. The van der Waals surface area contributed by atoms with Gasteiger partial charge in [-0.05, 0) is 115 Å². The van der Waals surface area contributed by atoms with Crippen LogP contribution in [0.5, 0.6) is 0 Å². The Hall–Kier alpha value is -5.60. The molecule has 13 nitrogen and oxygen atoms in total. The molecule has 6 rings (SSSR count). The SMILES string of the molecule is CCC.NCc1cc(/C=C/C(N)=O)ccc1NN.Nc1n[nH]c2ccc(C(=O)Nc3ccc(Cc4ccncc4)cc3)cc12.OC1CCNCC1. The van der Waals surface area contributed by atoms with Gasteiger partial charge < -0.3 is 38.4 Å². The van der Waals surface area contributed by atoms with E-state index in [1.165, 1.54) is 23.6 Å². The Balaban J connectivity index is 0.000000236. The van der Waals surface area contributed by atoms with Crippen LogP contribution in [0, 0.1) is 0 Å². The molecule has 0 saturated carbocycles. The van der Waals surface area contributed by atoms with E-state index in [2.05, 4.69) is 45.1 Å². The standard InChI is InChI=1S/C20H17N5O.C10H14N4O.C5H11NO.C3H8/c21-19-17-12-15(3-6-18(17)24-25-19)20(26)23-16-4-1-13(2-5-16)11-14-7-9-22-10-8-14;11-6-8-5-7(2-4-10(12)15)1-3-9(8)14-13;7-5-1-3-6-4-2-5;1-3-2/h1-10,12H,11H2,(H,23,26)(H3,21,24,25);1-5,14H,6,11,13H2,(H2,12,15);5-7H,1-4H2;3H2,1-2H3/b;4-2+;;. The second-order valence-electron chi connectivity index (χ2n) is 11.7. The average molecular weight is 695 g/mol. The van der Waals surface area contributed by atoms with Crippen LogP contribution in [0.2, 0.25) is 0 Å². The molecule has 0 bridgehead atoms. The number of carbonyl (C=O) groups is 2. The third kappa shape index (κ3) is 13.7. The summed E-state index contributed by atoms with van der Waals surface area (Å²) in [6.45, 7) is 6.60. The van der Waals surface area contributed by atoms with Crippen molar-refractivity contribution in [2.75, 3.05) is 29.6 Å². The molecule has 0 atom stereocenters. The zero-order chi connectivity index (χ0) is 37.0. The quantitative estimate of drug-likeness (QED) is 0.0628. The number of rotatable bonds is 8. The van der Waals surface area contributed by atoms with E-state index in [0.29, 0.717) is 17.9 Å². The zero-order valence-corrected chi connectivity index (χ0v) is 29.2. The molecule has 0 unspecified atom stereocenters. The largest absolute Gasteiger partial charge is 0.393 e. The van der Waals surface area contributed by atoms with E-state index < -0.39 is 5.91 Å². The van der Waals surface area contributed by atoms with Crippen molar-refractivity contribution in [2.45, 2.75) is 52.2 Å². The normalized spacial score (nSPS) is 12.4. The van der Waals surface area contributed by atoms with Gasteiger partial charge in [0, 0.05) is 41.7 Å². The van der Waals surface area contributed by atoms with Crippen LogP contribution in [-0.4, -0.2) is 51.3 Å². The number of aliphatic hydroxyl groups excluding tert-OH is 1. The third-order valence-electron chi connectivity index (χ3n) is 7.48. The molecule has 3 heterocycles. The smallest absolute Gasteiger partial charge is 0.255 e. The summed E-state index contributed by atoms with van der Waals surface area (Å²) < 4.78 is 0. The molecule has 1 aliphatic rings. The van der Waals surface area contributed by atoms with Crippen molar-refractivity contribution in [2.24, 2.45) is 17.3 Å². The molecule has 0 aliphatic carbocycles. The number of hydrogen-bond donors (Lipinski definition) is 9. The van der Waals surface area contributed by atoms with Crippen LogP contribution in [0.4, 0.5) is 17.2 Å². The number of carbonyl (C=O) groups excluding carboxylic acids is 2. The molecular weight excluding hydrogens is 644 g/mol. The molecule has 3 aromatic carbocycles. The molecule has 2 aromatic heterocycles. The van der Waals surface area contributed by atoms with E-state index in [1.54, 1.807) is 42.7 Å². The van der Waals surface area contributed by atoms with Crippen LogP contribution in [0.15, 0.2) is 91.3 Å². The van der Waals surface area contributed by atoms with E-state index in [1.807, 2.05) is 48.5 Å². The highest BCUT2D eigenvalue weighted by Gasteiger charge is 2.10. The lowest BCUT2D eigenvalue weighted by molar-refractivity contribution is -0.113. The molecule has 2 amide bonds. The lowest BCUT2D eigenvalue weighted by atomic mass is 10.1. The number of primary amides is 1. The fourth-order valence-electron chi connectivity index (χ4n) is 4.83. The zero-order valence-electron chi connectivity index (χ0n) is 29.2. The van der Waals surface area contributed by atoms with Gasteiger partial charge >= 0.3 is 0 Å². The molecule has 5 aromatic rings. The Morgan fingerprint density at radius 2 is 1.63 bits per heavy atom. The van der Waals surface area contributed by atoms with Crippen molar-refractivity contribution < 1.29 is 14.7 Å². The maximum atomic E-state index is 12.5. The molecular formula is C38H50N10O3. The summed E-state index contributed by atoms with van der Waals surface area (Å²) in [5.74, 6) is 5.02. The first-order valence-corrected chi connectivity index (χ1v) is 16.9. The summed E-state index contributed by atoms with van der Waals surface area (Å²) in [4.78, 5) is 27.0. The number of fused-ring (bicyclic) bond motifs is 1. The van der Waals surface area contributed by atoms with Crippen LogP contribution < -0.4 is 39.1 Å². The number of aromatic amines is 1. The summed E-state index contributed by atoms with van der Waals surface area (Å²) in [6, 6.07) is 22.5. The van der Waals surface area contributed by atoms with Gasteiger partial charge in [0.2, 0.25) is 5.91 Å². The molecule has 1 saturated heterocycles. The second kappa shape index (κ2) is 21.5. The highest BCUT2D eigenvalue weighted by molar-refractivity contribution is 6.07. The predicted octanol–water partition coefficient (Wildman–Crippen LogP) is 4.46. The number of benzene rings is 3. The number of nitrogens with one attached hydrogen (secondary N) is 4. The first kappa shape index (κ1) is 39.8. The summed E-state index contributed by atoms with van der Waals surface area (Å²) >= 11 is 0. The van der Waals surface area contributed by atoms with Crippen molar-refractivity contribution in [3.8, 4) is 0 Å². The third-order valence-corrected chi connectivity index (χ3v) is 7.48. The topological polar surface area (TPSA) is 236 Å². The fourth-order valence-corrected chi connectivity index (χ4v) is 4.83. The maximum absolute atomic E-state index is 12.5. The molecule has 270 valence electrons. The fraction of sp³-hybridized carbons (Fsp3) is 0.263. The van der Waals surface area contributed by atoms with E-state index >= 15 is 0 Å². The van der Waals surface area contributed by atoms with Crippen molar-refractivity contribution in [1.82, 2.24) is 20.5 Å². The Morgan fingerprint density at radius 3 is 2.22 bits per heavy atom. The number of nitrogens with two attached hydrogens (primary N) is 4. The number of aliphatic hydroxyl groups is 1. The van der Waals surface area contributed by atoms with E-state index in [-0.39, 0.29) is 12.0 Å². The van der Waals surface area contributed by atoms with Crippen molar-refractivity contribution >= 4 is 46.0 Å². The van der Waals surface area contributed by atoms with E-state index in [4.69, 9.17) is 28.2 Å². The van der Waals surface area contributed by atoms with Gasteiger partial charge in [0.05, 0.1) is 17.3 Å². The monoisotopic (exact) mass is 694 g/mol. The Kier molecular flexibility index (Phi) is 16.8. The number of hydrogen-bond acceptors (Lipinski definition) is 10. The van der Waals surface area contributed by atoms with E-state index in [9.17, 15) is 9.59 Å². The van der Waals surface area contributed by atoms with Gasteiger partial charge in [-0.25, -0.2) is 0 Å². The molecule has 0 spiro atoms. The van der Waals surface area contributed by atoms with E-state index in [0.717, 1.165) is 65.8 Å². The lowest BCUT2D eigenvalue weighted by Crippen LogP contribution is -2.30. The van der Waals surface area contributed by atoms with Gasteiger partial charge in [-0.15, -0.1) is 0 Å². The maximum Gasteiger partial charge on any atom is 0.255 e. The van der Waals surface area contributed by atoms with Crippen LogP contribution in [0.3, 0.4) is 0 Å². The summed E-state index contributed by atoms with van der Waals surface area (Å²) in [5, 5.41) is 22.4.